The molecular weight excluding hydrogens is 264 g/mol. The van der Waals surface area contributed by atoms with Gasteiger partial charge in [0.2, 0.25) is 0 Å². The van der Waals surface area contributed by atoms with Crippen molar-refractivity contribution >= 4 is 23.5 Å². The van der Waals surface area contributed by atoms with Crippen LogP contribution in [-0.4, -0.2) is 35.6 Å². The van der Waals surface area contributed by atoms with Gasteiger partial charge in [-0.3, -0.25) is 10.6 Å². The molecule has 0 heterocycles. The van der Waals surface area contributed by atoms with E-state index in [1.165, 1.54) is 0 Å². The zero-order valence-electron chi connectivity index (χ0n) is 10.9. The van der Waals surface area contributed by atoms with E-state index >= 15 is 0 Å². The van der Waals surface area contributed by atoms with Crippen molar-refractivity contribution in [3.8, 4) is 0 Å². The molecule has 0 aliphatic heterocycles. The zero-order valence-corrected chi connectivity index (χ0v) is 12.6. The molecule has 0 unspecified atom stereocenters. The van der Waals surface area contributed by atoms with Crippen LogP contribution < -0.4 is 22.1 Å². The lowest BCUT2D eigenvalue weighted by molar-refractivity contribution is 0.721. The van der Waals surface area contributed by atoms with Crippen LogP contribution in [0.15, 0.2) is 25.3 Å². The standard InChI is InChI=1S/C12H26N4S2/c1-3-7-15-11(13)17-9-5-6-10-18-12(14)16-8-4-2/h3-4,11-12,15-16H,1-2,5-10,13-14H2/t11-,12-/m0/s1. The topological polar surface area (TPSA) is 76.1 Å². The first-order chi connectivity index (χ1) is 8.70. The van der Waals surface area contributed by atoms with Gasteiger partial charge in [-0.2, -0.15) is 0 Å². The van der Waals surface area contributed by atoms with E-state index in [0.717, 1.165) is 37.4 Å². The number of hydrogen-bond donors (Lipinski definition) is 4. The maximum absolute atomic E-state index is 5.84. The summed E-state index contributed by atoms with van der Waals surface area (Å²) >= 11 is 3.48. The molecule has 6 heteroatoms. The van der Waals surface area contributed by atoms with E-state index in [-0.39, 0.29) is 11.0 Å². The second kappa shape index (κ2) is 13.5. The maximum atomic E-state index is 5.84. The van der Waals surface area contributed by atoms with E-state index in [1.807, 2.05) is 12.2 Å². The van der Waals surface area contributed by atoms with Gasteiger partial charge in [-0.05, 0) is 24.3 Å². The molecule has 0 aliphatic carbocycles. The molecule has 6 N–H and O–H groups in total. The van der Waals surface area contributed by atoms with Gasteiger partial charge < -0.3 is 11.5 Å². The van der Waals surface area contributed by atoms with Crippen LogP contribution in [0.25, 0.3) is 0 Å². The molecule has 0 aromatic heterocycles. The summed E-state index contributed by atoms with van der Waals surface area (Å²) in [6, 6.07) is 0. The van der Waals surface area contributed by atoms with E-state index in [9.17, 15) is 0 Å². The molecular formula is C12H26N4S2. The van der Waals surface area contributed by atoms with Crippen molar-refractivity contribution in [3.63, 3.8) is 0 Å². The van der Waals surface area contributed by atoms with Crippen molar-refractivity contribution < 1.29 is 0 Å². The van der Waals surface area contributed by atoms with Crippen LogP contribution in [0.5, 0.6) is 0 Å². The Morgan fingerprint density at radius 1 is 0.889 bits per heavy atom. The minimum atomic E-state index is 0.00664. The van der Waals surface area contributed by atoms with Crippen LogP contribution in [0.1, 0.15) is 12.8 Å². The molecule has 0 saturated heterocycles. The highest BCUT2D eigenvalue weighted by molar-refractivity contribution is 8.00. The smallest absolute Gasteiger partial charge is 0.103 e. The van der Waals surface area contributed by atoms with Gasteiger partial charge in [-0.1, -0.05) is 12.2 Å². The van der Waals surface area contributed by atoms with Crippen LogP contribution in [0.4, 0.5) is 0 Å². The Balaban J connectivity index is 3.24. The molecule has 0 radical (unpaired) electrons. The summed E-state index contributed by atoms with van der Waals surface area (Å²) in [5.41, 5.74) is 11.7. The van der Waals surface area contributed by atoms with Gasteiger partial charge in [0.25, 0.3) is 0 Å². The highest BCUT2D eigenvalue weighted by Gasteiger charge is 2.02. The highest BCUT2D eigenvalue weighted by atomic mass is 32.2. The number of hydrogen-bond acceptors (Lipinski definition) is 6. The molecule has 0 amide bonds. The first kappa shape index (κ1) is 18.0. The fourth-order valence-electron chi connectivity index (χ4n) is 1.14. The largest absolute Gasteiger partial charge is 0.307 e. The molecule has 0 aromatic carbocycles. The summed E-state index contributed by atoms with van der Waals surface area (Å²) < 4.78 is 0. The van der Waals surface area contributed by atoms with Gasteiger partial charge in [-0.25, -0.2) is 0 Å². The van der Waals surface area contributed by atoms with Crippen LogP contribution in [0.2, 0.25) is 0 Å². The SMILES string of the molecule is C=CCN[C@H](N)SCCCCS[C@@H](N)NCC=C. The maximum Gasteiger partial charge on any atom is 0.103 e. The predicted molar refractivity (Wildman–Crippen MR) is 86.5 cm³/mol. The summed E-state index contributed by atoms with van der Waals surface area (Å²) in [7, 11) is 0. The van der Waals surface area contributed by atoms with Crippen molar-refractivity contribution in [3.05, 3.63) is 25.3 Å². The van der Waals surface area contributed by atoms with Crippen LogP contribution in [0, 0.1) is 0 Å². The van der Waals surface area contributed by atoms with Gasteiger partial charge in [0, 0.05) is 13.1 Å². The second-order valence-electron chi connectivity index (χ2n) is 3.68. The average molecular weight is 291 g/mol. The molecule has 4 nitrogen and oxygen atoms in total. The summed E-state index contributed by atoms with van der Waals surface area (Å²) in [5, 5.41) is 6.29. The normalized spacial score (nSPS) is 14.1. The Morgan fingerprint density at radius 2 is 1.28 bits per heavy atom. The molecule has 0 saturated carbocycles. The summed E-state index contributed by atoms with van der Waals surface area (Å²) in [6.45, 7) is 8.79. The van der Waals surface area contributed by atoms with E-state index in [2.05, 4.69) is 23.8 Å². The van der Waals surface area contributed by atoms with E-state index in [4.69, 9.17) is 11.5 Å². The Labute approximate surface area is 119 Å². The quantitative estimate of drug-likeness (QED) is 0.232. The van der Waals surface area contributed by atoms with Gasteiger partial charge in [0.1, 0.15) is 11.0 Å². The Bertz CT molecular complexity index is 192. The number of nitrogens with one attached hydrogen (secondary N) is 2. The van der Waals surface area contributed by atoms with Gasteiger partial charge >= 0.3 is 0 Å². The number of nitrogens with two attached hydrogens (primary N) is 2. The molecule has 2 atom stereocenters. The van der Waals surface area contributed by atoms with E-state index in [1.54, 1.807) is 23.5 Å². The number of thioether (sulfide) groups is 2. The highest BCUT2D eigenvalue weighted by Crippen LogP contribution is 2.11. The van der Waals surface area contributed by atoms with Crippen molar-refractivity contribution in [2.75, 3.05) is 24.6 Å². The molecule has 0 bridgehead atoms. The number of unbranched alkanes of at least 4 members (excludes halogenated alkanes) is 1. The monoisotopic (exact) mass is 290 g/mol. The average Bonchev–Trinajstić information content (AvgIpc) is 2.37. The first-order valence-corrected chi connectivity index (χ1v) is 8.23. The predicted octanol–water partition coefficient (Wildman–Crippen LogP) is 1.27. The lowest BCUT2D eigenvalue weighted by Gasteiger charge is -2.13. The minimum Gasteiger partial charge on any atom is -0.307 e. The van der Waals surface area contributed by atoms with Crippen molar-refractivity contribution in [2.24, 2.45) is 11.5 Å². The molecule has 18 heavy (non-hydrogen) atoms. The Hall–Kier alpha value is 0.0200. The zero-order chi connectivity index (χ0) is 13.6. The molecule has 0 rings (SSSR count). The van der Waals surface area contributed by atoms with Gasteiger partial charge in [-0.15, -0.1) is 36.7 Å². The molecule has 0 aromatic rings. The minimum absolute atomic E-state index is 0.00664. The van der Waals surface area contributed by atoms with Crippen LogP contribution in [0.3, 0.4) is 0 Å². The third kappa shape index (κ3) is 12.5. The Kier molecular flexibility index (Phi) is 13.5. The van der Waals surface area contributed by atoms with Crippen molar-refractivity contribution in [1.82, 2.24) is 10.6 Å². The summed E-state index contributed by atoms with van der Waals surface area (Å²) in [4.78, 5) is 0. The number of rotatable bonds is 13. The lowest BCUT2D eigenvalue weighted by atomic mass is 10.4. The fourth-order valence-corrected chi connectivity index (χ4v) is 2.82. The van der Waals surface area contributed by atoms with Crippen molar-refractivity contribution in [1.29, 1.82) is 0 Å². The third-order valence-electron chi connectivity index (χ3n) is 2.06. The van der Waals surface area contributed by atoms with Crippen molar-refractivity contribution in [2.45, 2.75) is 23.8 Å². The van der Waals surface area contributed by atoms with Gasteiger partial charge in [0.15, 0.2) is 0 Å². The molecule has 0 spiro atoms. The molecule has 0 aliphatic rings. The lowest BCUT2D eigenvalue weighted by Crippen LogP contribution is -2.34. The van der Waals surface area contributed by atoms with E-state index in [0.29, 0.717) is 0 Å². The summed E-state index contributed by atoms with van der Waals surface area (Å²) in [5.74, 6) is 2.14. The third-order valence-corrected chi connectivity index (χ3v) is 4.16. The Morgan fingerprint density at radius 3 is 1.61 bits per heavy atom. The van der Waals surface area contributed by atoms with Crippen LogP contribution >= 0.6 is 23.5 Å². The first-order valence-electron chi connectivity index (χ1n) is 6.13. The van der Waals surface area contributed by atoms with Gasteiger partial charge in [0.05, 0.1) is 0 Å². The summed E-state index contributed by atoms with van der Waals surface area (Å²) in [6.07, 6.45) is 5.95. The van der Waals surface area contributed by atoms with E-state index < -0.39 is 0 Å². The molecule has 106 valence electrons. The molecule has 0 fully saturated rings. The van der Waals surface area contributed by atoms with Crippen LogP contribution in [-0.2, 0) is 0 Å². The second-order valence-corrected chi connectivity index (χ2v) is 6.18. The fraction of sp³-hybridized carbons (Fsp3) is 0.667.